The van der Waals surface area contributed by atoms with Crippen molar-refractivity contribution in [3.8, 4) is 11.5 Å². The van der Waals surface area contributed by atoms with E-state index in [1.54, 1.807) is 17.0 Å². The Morgan fingerprint density at radius 2 is 2.14 bits per heavy atom. The quantitative estimate of drug-likeness (QED) is 0.672. The van der Waals surface area contributed by atoms with Gasteiger partial charge in [-0.15, -0.1) is 10.2 Å². The monoisotopic (exact) mass is 320 g/mol. The molecule has 0 aliphatic carbocycles. The number of nitrogens with zero attached hydrogens (tertiary/aromatic N) is 4. The van der Waals surface area contributed by atoms with E-state index in [0.717, 1.165) is 11.3 Å². The Hall–Kier alpha value is -1.93. The molecule has 0 spiro atoms. The molecular weight excluding hydrogens is 308 g/mol. The van der Waals surface area contributed by atoms with Crippen molar-refractivity contribution in [3.05, 3.63) is 45.3 Å². The third-order valence-corrected chi connectivity index (χ3v) is 4.53. The van der Waals surface area contributed by atoms with Gasteiger partial charge >= 0.3 is 4.87 Å². The van der Waals surface area contributed by atoms with Crippen LogP contribution in [0.2, 0.25) is 0 Å². The highest BCUT2D eigenvalue weighted by Gasteiger charge is 2.09. The topological polar surface area (TPSA) is 73.8 Å². The molecule has 108 valence electrons. The number of thiazole rings is 1. The van der Waals surface area contributed by atoms with Crippen molar-refractivity contribution < 1.29 is 4.42 Å². The van der Waals surface area contributed by atoms with Gasteiger partial charge in [-0.05, 0) is 19.1 Å². The van der Waals surface area contributed by atoms with Crippen molar-refractivity contribution in [1.29, 1.82) is 0 Å². The van der Waals surface area contributed by atoms with Crippen LogP contribution >= 0.6 is 23.1 Å². The van der Waals surface area contributed by atoms with Gasteiger partial charge in [-0.3, -0.25) is 9.78 Å². The Morgan fingerprint density at radius 3 is 2.86 bits per heavy atom. The van der Waals surface area contributed by atoms with E-state index in [9.17, 15) is 4.79 Å². The number of aryl methyl sites for hydroxylation is 1. The van der Waals surface area contributed by atoms with Crippen LogP contribution in [0.5, 0.6) is 0 Å². The largest absolute Gasteiger partial charge is 0.411 e. The van der Waals surface area contributed by atoms with E-state index >= 15 is 0 Å². The van der Waals surface area contributed by atoms with E-state index in [-0.39, 0.29) is 4.87 Å². The second-order valence-corrected chi connectivity index (χ2v) is 6.12. The number of rotatable bonds is 5. The number of hydrogen-bond donors (Lipinski definition) is 0. The summed E-state index contributed by atoms with van der Waals surface area (Å²) in [6.45, 7) is 2.56. The van der Waals surface area contributed by atoms with E-state index < -0.39 is 0 Å². The summed E-state index contributed by atoms with van der Waals surface area (Å²) in [4.78, 5) is 15.6. The summed E-state index contributed by atoms with van der Waals surface area (Å²) in [5.41, 5.74) is 1.82. The van der Waals surface area contributed by atoms with E-state index in [4.69, 9.17) is 4.42 Å². The zero-order valence-corrected chi connectivity index (χ0v) is 12.9. The maximum atomic E-state index is 11.6. The summed E-state index contributed by atoms with van der Waals surface area (Å²) in [5, 5.41) is 10.4. The second kappa shape index (κ2) is 6.23. The zero-order chi connectivity index (χ0) is 14.7. The van der Waals surface area contributed by atoms with Gasteiger partial charge in [-0.1, -0.05) is 23.1 Å². The Morgan fingerprint density at radius 1 is 1.33 bits per heavy atom. The van der Waals surface area contributed by atoms with Crippen LogP contribution in [0.3, 0.4) is 0 Å². The molecule has 8 heteroatoms. The molecule has 0 aliphatic rings. The molecule has 21 heavy (non-hydrogen) atoms. The van der Waals surface area contributed by atoms with Crippen molar-refractivity contribution in [3.63, 3.8) is 0 Å². The van der Waals surface area contributed by atoms with Gasteiger partial charge in [0.2, 0.25) is 5.89 Å². The molecule has 0 saturated carbocycles. The van der Waals surface area contributed by atoms with Gasteiger partial charge in [0.1, 0.15) is 0 Å². The van der Waals surface area contributed by atoms with Crippen LogP contribution in [0.4, 0.5) is 0 Å². The Labute approximate surface area is 128 Å². The molecule has 0 N–H and O–H groups in total. The van der Waals surface area contributed by atoms with Crippen molar-refractivity contribution in [2.24, 2.45) is 0 Å². The van der Waals surface area contributed by atoms with Crippen molar-refractivity contribution in [2.45, 2.75) is 18.7 Å². The number of pyridine rings is 1. The molecule has 6 nitrogen and oxygen atoms in total. The lowest BCUT2D eigenvalue weighted by molar-refractivity contribution is 0.465. The lowest BCUT2D eigenvalue weighted by atomic mass is 10.3. The lowest BCUT2D eigenvalue weighted by Gasteiger charge is -2.01. The molecule has 3 rings (SSSR count). The zero-order valence-electron chi connectivity index (χ0n) is 11.2. The first-order valence-corrected chi connectivity index (χ1v) is 8.12. The van der Waals surface area contributed by atoms with Gasteiger partial charge in [0, 0.05) is 41.3 Å². The predicted octanol–water partition coefficient (Wildman–Crippen LogP) is 2.46. The minimum atomic E-state index is 0.0658. The summed E-state index contributed by atoms with van der Waals surface area (Å²) in [6.07, 6.45) is 3.36. The van der Waals surface area contributed by atoms with E-state index in [2.05, 4.69) is 15.2 Å². The smallest absolute Gasteiger partial charge is 0.307 e. The number of hydrogen-bond acceptors (Lipinski definition) is 7. The van der Waals surface area contributed by atoms with Crippen LogP contribution in [0.1, 0.15) is 5.69 Å². The summed E-state index contributed by atoms with van der Waals surface area (Å²) in [7, 11) is 0. The fourth-order valence-corrected chi connectivity index (χ4v) is 3.22. The average molecular weight is 320 g/mol. The molecular formula is C13H12N4O2S2. The molecule has 0 radical (unpaired) electrons. The molecule has 0 atom stereocenters. The molecule has 3 heterocycles. The minimum absolute atomic E-state index is 0.0658. The second-order valence-electron chi connectivity index (χ2n) is 4.25. The van der Waals surface area contributed by atoms with Gasteiger partial charge in [-0.2, -0.15) is 0 Å². The number of thioether (sulfide) groups is 1. The molecule has 3 aromatic heterocycles. The van der Waals surface area contributed by atoms with E-state index in [1.807, 2.05) is 24.4 Å². The third-order valence-electron chi connectivity index (χ3n) is 2.85. The maximum absolute atomic E-state index is 11.6. The van der Waals surface area contributed by atoms with Crippen molar-refractivity contribution >= 4 is 23.1 Å². The van der Waals surface area contributed by atoms with Crippen molar-refractivity contribution in [2.75, 3.05) is 5.75 Å². The predicted molar refractivity (Wildman–Crippen MR) is 81.6 cm³/mol. The van der Waals surface area contributed by atoms with Crippen LogP contribution in [-0.2, 0) is 6.54 Å². The molecule has 3 aromatic rings. The molecule has 0 unspecified atom stereocenters. The van der Waals surface area contributed by atoms with Crippen LogP contribution in [0.15, 0.2) is 44.3 Å². The normalized spacial score (nSPS) is 10.9. The molecule has 0 aliphatic heterocycles. The van der Waals surface area contributed by atoms with Crippen LogP contribution in [0.25, 0.3) is 11.5 Å². The van der Waals surface area contributed by atoms with Gasteiger partial charge in [0.05, 0.1) is 0 Å². The Kier molecular flexibility index (Phi) is 4.16. The molecule has 0 amide bonds. The lowest BCUT2D eigenvalue weighted by Crippen LogP contribution is -2.15. The van der Waals surface area contributed by atoms with E-state index in [0.29, 0.717) is 23.4 Å². The highest BCUT2D eigenvalue weighted by atomic mass is 32.2. The highest BCUT2D eigenvalue weighted by molar-refractivity contribution is 7.99. The first-order chi connectivity index (χ1) is 10.2. The summed E-state index contributed by atoms with van der Waals surface area (Å²) in [6, 6.07) is 3.63. The first-order valence-electron chi connectivity index (χ1n) is 6.25. The van der Waals surface area contributed by atoms with E-state index in [1.165, 1.54) is 23.1 Å². The first kappa shape index (κ1) is 14.0. The maximum Gasteiger partial charge on any atom is 0.307 e. The van der Waals surface area contributed by atoms with Crippen LogP contribution < -0.4 is 4.87 Å². The van der Waals surface area contributed by atoms with Gasteiger partial charge in [0.15, 0.2) is 0 Å². The Bertz CT molecular complexity index is 779. The number of aromatic nitrogens is 4. The SMILES string of the molecule is Cc1csc(=O)n1CCSc1nnc(-c2ccncc2)o1. The molecule has 0 aromatic carbocycles. The van der Waals surface area contributed by atoms with Gasteiger partial charge < -0.3 is 8.98 Å². The highest BCUT2D eigenvalue weighted by Crippen LogP contribution is 2.22. The summed E-state index contributed by atoms with van der Waals surface area (Å²) < 4.78 is 7.33. The van der Waals surface area contributed by atoms with Crippen LogP contribution in [0, 0.1) is 6.92 Å². The average Bonchev–Trinajstić information content (AvgIpc) is 3.10. The minimum Gasteiger partial charge on any atom is -0.411 e. The summed E-state index contributed by atoms with van der Waals surface area (Å²) in [5.74, 6) is 1.18. The standard InChI is InChI=1S/C13H12N4O2S2/c1-9-8-21-13(18)17(9)6-7-20-12-16-15-11(19-12)10-2-4-14-5-3-10/h2-5,8H,6-7H2,1H3. The summed E-state index contributed by atoms with van der Waals surface area (Å²) >= 11 is 2.66. The van der Waals surface area contributed by atoms with Gasteiger partial charge in [0.25, 0.3) is 5.22 Å². The van der Waals surface area contributed by atoms with Crippen LogP contribution in [-0.4, -0.2) is 25.5 Å². The molecule has 0 bridgehead atoms. The molecule has 0 saturated heterocycles. The fraction of sp³-hybridized carbons (Fsp3) is 0.231. The van der Waals surface area contributed by atoms with Gasteiger partial charge in [-0.25, -0.2) is 0 Å². The molecule has 0 fully saturated rings. The Balaban J connectivity index is 1.62. The van der Waals surface area contributed by atoms with Crippen molar-refractivity contribution in [1.82, 2.24) is 19.7 Å². The third kappa shape index (κ3) is 3.22. The fourth-order valence-electron chi connectivity index (χ4n) is 1.78.